The molecule has 0 bridgehead atoms. The number of hydrogen-bond acceptors (Lipinski definition) is 3. The lowest BCUT2D eigenvalue weighted by Gasteiger charge is -2.15. The zero-order valence-electron chi connectivity index (χ0n) is 12.0. The Hall–Kier alpha value is -1.95. The van der Waals surface area contributed by atoms with E-state index in [9.17, 15) is 13.6 Å². The fourth-order valence-corrected chi connectivity index (χ4v) is 3.23. The van der Waals surface area contributed by atoms with Gasteiger partial charge in [-0.1, -0.05) is 0 Å². The van der Waals surface area contributed by atoms with Gasteiger partial charge in [0.2, 0.25) is 0 Å². The van der Waals surface area contributed by atoms with Crippen LogP contribution in [0.5, 0.6) is 0 Å². The summed E-state index contributed by atoms with van der Waals surface area (Å²) in [7, 11) is 0. The molecule has 6 heteroatoms. The molecular formula is C15H16F2N2OS. The van der Waals surface area contributed by atoms with E-state index in [0.717, 1.165) is 27.5 Å². The molecule has 0 saturated carbocycles. The molecule has 1 aromatic heterocycles. The molecule has 0 radical (unpaired) electrons. The largest absolute Gasteiger partial charge is 0.396 e. The Morgan fingerprint density at radius 3 is 2.57 bits per heavy atom. The molecule has 3 N–H and O–H groups in total. The minimum atomic E-state index is -1.03. The van der Waals surface area contributed by atoms with Gasteiger partial charge in [-0.25, -0.2) is 8.78 Å². The number of carbonyl (C=O) groups excluding carboxylic acids is 1. The predicted molar refractivity (Wildman–Crippen MR) is 80.4 cm³/mol. The van der Waals surface area contributed by atoms with E-state index in [4.69, 9.17) is 5.73 Å². The normalized spacial score (nSPS) is 12.2. The number of anilines is 1. The molecule has 0 aliphatic carbocycles. The smallest absolute Gasteiger partial charge is 0.257 e. The highest BCUT2D eigenvalue weighted by Gasteiger charge is 2.22. The Kier molecular flexibility index (Phi) is 4.27. The zero-order chi connectivity index (χ0) is 15.7. The molecule has 0 spiro atoms. The fourth-order valence-electron chi connectivity index (χ4n) is 2.20. The van der Waals surface area contributed by atoms with Gasteiger partial charge in [0.1, 0.15) is 11.4 Å². The quantitative estimate of drug-likeness (QED) is 0.849. The highest BCUT2D eigenvalue weighted by molar-refractivity contribution is 7.12. The Balaban J connectivity index is 2.26. The molecule has 1 atom stereocenters. The van der Waals surface area contributed by atoms with Crippen LogP contribution in [0.15, 0.2) is 18.2 Å². The maximum absolute atomic E-state index is 13.8. The molecule has 21 heavy (non-hydrogen) atoms. The van der Waals surface area contributed by atoms with Crippen molar-refractivity contribution in [3.8, 4) is 0 Å². The van der Waals surface area contributed by atoms with E-state index < -0.39 is 23.1 Å². The minimum Gasteiger partial charge on any atom is -0.396 e. The topological polar surface area (TPSA) is 55.1 Å². The van der Waals surface area contributed by atoms with E-state index in [1.807, 2.05) is 19.9 Å². The van der Waals surface area contributed by atoms with Crippen LogP contribution in [0.1, 0.15) is 38.6 Å². The van der Waals surface area contributed by atoms with E-state index in [1.165, 1.54) is 0 Å². The van der Waals surface area contributed by atoms with Gasteiger partial charge >= 0.3 is 0 Å². The number of rotatable bonds is 3. The van der Waals surface area contributed by atoms with Crippen molar-refractivity contribution in [3.63, 3.8) is 0 Å². The van der Waals surface area contributed by atoms with E-state index in [1.54, 1.807) is 18.3 Å². The molecule has 1 heterocycles. The second kappa shape index (κ2) is 5.81. The first-order valence-electron chi connectivity index (χ1n) is 6.42. The second-order valence-electron chi connectivity index (χ2n) is 4.89. The van der Waals surface area contributed by atoms with Crippen molar-refractivity contribution in [3.05, 3.63) is 50.7 Å². The maximum Gasteiger partial charge on any atom is 0.257 e. The molecule has 0 saturated heterocycles. The van der Waals surface area contributed by atoms with E-state index in [0.29, 0.717) is 0 Å². The average Bonchev–Trinajstić information content (AvgIpc) is 2.73. The van der Waals surface area contributed by atoms with Gasteiger partial charge in [0, 0.05) is 9.75 Å². The van der Waals surface area contributed by atoms with Crippen molar-refractivity contribution in [2.75, 3.05) is 5.73 Å². The summed E-state index contributed by atoms with van der Waals surface area (Å²) in [6, 6.07) is 3.69. The summed E-state index contributed by atoms with van der Waals surface area (Å²) in [5.74, 6) is -2.77. The lowest BCUT2D eigenvalue weighted by Crippen LogP contribution is -2.28. The van der Waals surface area contributed by atoms with Crippen molar-refractivity contribution in [1.29, 1.82) is 0 Å². The summed E-state index contributed by atoms with van der Waals surface area (Å²) in [6.45, 7) is 5.68. The van der Waals surface area contributed by atoms with Crippen molar-refractivity contribution in [2.45, 2.75) is 26.8 Å². The van der Waals surface area contributed by atoms with Crippen LogP contribution >= 0.6 is 11.3 Å². The number of benzene rings is 1. The molecule has 2 rings (SSSR count). The summed E-state index contributed by atoms with van der Waals surface area (Å²) in [5.41, 5.74) is 5.42. The van der Waals surface area contributed by atoms with Crippen LogP contribution in [0.2, 0.25) is 0 Å². The lowest BCUT2D eigenvalue weighted by molar-refractivity contribution is 0.0931. The second-order valence-corrected chi connectivity index (χ2v) is 6.35. The molecule has 0 aliphatic heterocycles. The van der Waals surface area contributed by atoms with Crippen molar-refractivity contribution in [1.82, 2.24) is 5.32 Å². The molecule has 1 unspecified atom stereocenters. The van der Waals surface area contributed by atoms with Crippen LogP contribution in [0.4, 0.5) is 14.5 Å². The number of aryl methyl sites for hydroxylation is 2. The first-order chi connectivity index (χ1) is 9.81. The minimum absolute atomic E-state index is 0.253. The Labute approximate surface area is 125 Å². The predicted octanol–water partition coefficient (Wildman–Crippen LogP) is 3.72. The highest BCUT2D eigenvalue weighted by atomic mass is 32.1. The van der Waals surface area contributed by atoms with E-state index in [-0.39, 0.29) is 11.7 Å². The third-order valence-electron chi connectivity index (χ3n) is 3.24. The zero-order valence-corrected chi connectivity index (χ0v) is 12.8. The summed E-state index contributed by atoms with van der Waals surface area (Å²) in [5, 5.41) is 2.61. The van der Waals surface area contributed by atoms with Crippen molar-refractivity contribution < 1.29 is 13.6 Å². The first kappa shape index (κ1) is 15.4. The standard InChI is InChI=1S/C15H16F2N2OS/c1-7-6-10(9(3)21-7)8(2)19-15(20)13-11(16)4-5-12(18)14(13)17/h4-6,8H,18H2,1-3H3,(H,19,20). The first-order valence-corrected chi connectivity index (χ1v) is 7.24. The maximum atomic E-state index is 13.8. The molecule has 0 aliphatic rings. The molecule has 3 nitrogen and oxygen atoms in total. The number of amides is 1. The third kappa shape index (κ3) is 3.05. The number of carbonyl (C=O) groups is 1. The van der Waals surface area contributed by atoms with Gasteiger partial charge in [-0.2, -0.15) is 0 Å². The van der Waals surface area contributed by atoms with Gasteiger partial charge in [-0.05, 0) is 44.5 Å². The van der Waals surface area contributed by atoms with Crippen LogP contribution in [0.25, 0.3) is 0 Å². The molecule has 1 amide bonds. The Bertz CT molecular complexity index is 697. The Morgan fingerprint density at radius 2 is 2.00 bits per heavy atom. The van der Waals surface area contributed by atoms with Gasteiger partial charge in [0.05, 0.1) is 11.7 Å². The van der Waals surface area contributed by atoms with Gasteiger partial charge in [0.25, 0.3) is 5.91 Å². The lowest BCUT2D eigenvalue weighted by atomic mass is 10.1. The molecule has 112 valence electrons. The van der Waals surface area contributed by atoms with Gasteiger partial charge in [0.15, 0.2) is 5.82 Å². The van der Waals surface area contributed by atoms with E-state index >= 15 is 0 Å². The number of hydrogen-bond donors (Lipinski definition) is 2. The summed E-state index contributed by atoms with van der Waals surface area (Å²) in [6.07, 6.45) is 0. The van der Waals surface area contributed by atoms with Crippen LogP contribution < -0.4 is 11.1 Å². The van der Waals surface area contributed by atoms with Gasteiger partial charge < -0.3 is 11.1 Å². The number of nitrogens with two attached hydrogens (primary N) is 1. The highest BCUT2D eigenvalue weighted by Crippen LogP contribution is 2.27. The summed E-state index contributed by atoms with van der Waals surface area (Å²) >= 11 is 1.61. The number of nitrogen functional groups attached to an aromatic ring is 1. The van der Waals surface area contributed by atoms with Gasteiger partial charge in [-0.3, -0.25) is 4.79 Å². The third-order valence-corrected chi connectivity index (χ3v) is 4.22. The van der Waals surface area contributed by atoms with Crippen LogP contribution in [-0.4, -0.2) is 5.91 Å². The molecule has 1 aromatic carbocycles. The van der Waals surface area contributed by atoms with Crippen LogP contribution in [-0.2, 0) is 0 Å². The monoisotopic (exact) mass is 310 g/mol. The van der Waals surface area contributed by atoms with E-state index in [2.05, 4.69) is 5.32 Å². The molecule has 0 fully saturated rings. The van der Waals surface area contributed by atoms with Crippen LogP contribution in [0, 0.1) is 25.5 Å². The number of thiophene rings is 1. The van der Waals surface area contributed by atoms with Gasteiger partial charge in [-0.15, -0.1) is 11.3 Å². The van der Waals surface area contributed by atoms with Crippen LogP contribution in [0.3, 0.4) is 0 Å². The van der Waals surface area contributed by atoms with Crippen molar-refractivity contribution >= 4 is 22.9 Å². The van der Waals surface area contributed by atoms with Crippen molar-refractivity contribution in [2.24, 2.45) is 0 Å². The molecule has 2 aromatic rings. The molecular weight excluding hydrogens is 294 g/mol. The summed E-state index contributed by atoms with van der Waals surface area (Å²) in [4.78, 5) is 14.3. The fraction of sp³-hybridized carbons (Fsp3) is 0.267. The summed E-state index contributed by atoms with van der Waals surface area (Å²) < 4.78 is 27.5. The number of halogens is 2. The SMILES string of the molecule is Cc1cc(C(C)NC(=O)c2c(F)ccc(N)c2F)c(C)s1. The average molecular weight is 310 g/mol. The Morgan fingerprint density at radius 1 is 1.33 bits per heavy atom. The number of nitrogens with one attached hydrogen (secondary N) is 1.